The number of aromatic hydroxyl groups is 3. The Morgan fingerprint density at radius 3 is 2.45 bits per heavy atom. The largest absolute Gasteiger partial charge is 0.505 e. The predicted octanol–water partition coefficient (Wildman–Crippen LogP) is 4.15. The molecule has 2 aromatic carbocycles. The van der Waals surface area contributed by atoms with Crippen molar-refractivity contribution in [2.24, 2.45) is 0 Å². The van der Waals surface area contributed by atoms with Crippen molar-refractivity contribution in [2.75, 3.05) is 0 Å². The fourth-order valence-corrected chi connectivity index (χ4v) is 2.93. The number of hydrogen-bond donors (Lipinski definition) is 3. The van der Waals surface area contributed by atoms with E-state index in [0.29, 0.717) is 22.2 Å². The maximum atomic E-state index is 12.7. The molecule has 0 spiro atoms. The van der Waals surface area contributed by atoms with Gasteiger partial charge in [-0.1, -0.05) is 30.3 Å². The van der Waals surface area contributed by atoms with Crippen LogP contribution in [0.3, 0.4) is 0 Å². The first kappa shape index (κ1) is 18.2. The lowest BCUT2D eigenvalue weighted by Gasteiger charge is -2.07. The normalized spacial score (nSPS) is 11.2. The highest BCUT2D eigenvalue weighted by Crippen LogP contribution is 2.30. The van der Waals surface area contributed by atoms with E-state index in [1.165, 1.54) is 18.3 Å². The zero-order valence-corrected chi connectivity index (χ0v) is 15.1. The topological polar surface area (TPSA) is 104 Å². The summed E-state index contributed by atoms with van der Waals surface area (Å²) in [4.78, 5) is 21.1. The Labute approximate surface area is 166 Å². The Balaban J connectivity index is 1.71. The molecule has 0 fully saturated rings. The van der Waals surface area contributed by atoms with Gasteiger partial charge in [-0.3, -0.25) is 9.78 Å². The van der Waals surface area contributed by atoms with Crippen molar-refractivity contribution in [1.29, 1.82) is 0 Å². The highest BCUT2D eigenvalue weighted by molar-refractivity contribution is 6.12. The standard InChI is InChI=1S/C23H16N2O4/c26-19-11-5-14(13-20(19)27)4-8-16-9-6-15-7-10-17(23(29)21(15)25-16)22(28)18-3-1-2-12-24-18/h1-13,26-27,29H/b8-4+. The Morgan fingerprint density at radius 2 is 1.69 bits per heavy atom. The molecule has 0 radical (unpaired) electrons. The summed E-state index contributed by atoms with van der Waals surface area (Å²) in [7, 11) is 0. The molecule has 0 amide bonds. The molecule has 142 valence electrons. The molecule has 4 aromatic rings. The van der Waals surface area contributed by atoms with E-state index in [1.54, 1.807) is 60.7 Å². The predicted molar refractivity (Wildman–Crippen MR) is 110 cm³/mol. The highest BCUT2D eigenvalue weighted by Gasteiger charge is 2.17. The second-order valence-corrected chi connectivity index (χ2v) is 6.40. The van der Waals surface area contributed by atoms with Crippen molar-refractivity contribution in [3.05, 3.63) is 89.4 Å². The van der Waals surface area contributed by atoms with Crippen LogP contribution in [0.4, 0.5) is 0 Å². The maximum Gasteiger partial charge on any atom is 0.215 e. The van der Waals surface area contributed by atoms with E-state index in [-0.39, 0.29) is 34.3 Å². The highest BCUT2D eigenvalue weighted by atomic mass is 16.3. The van der Waals surface area contributed by atoms with E-state index >= 15 is 0 Å². The number of carbonyl (C=O) groups is 1. The van der Waals surface area contributed by atoms with E-state index in [9.17, 15) is 20.1 Å². The zero-order valence-electron chi connectivity index (χ0n) is 15.1. The lowest BCUT2D eigenvalue weighted by Crippen LogP contribution is -2.04. The van der Waals surface area contributed by atoms with Crippen LogP contribution in [-0.4, -0.2) is 31.1 Å². The average molecular weight is 384 g/mol. The summed E-state index contributed by atoms with van der Waals surface area (Å²) >= 11 is 0. The number of rotatable bonds is 4. The maximum absolute atomic E-state index is 12.7. The molecule has 2 aromatic heterocycles. The third-order valence-electron chi connectivity index (χ3n) is 4.45. The second-order valence-electron chi connectivity index (χ2n) is 6.40. The minimum atomic E-state index is -0.382. The van der Waals surface area contributed by atoms with Gasteiger partial charge >= 0.3 is 0 Å². The summed E-state index contributed by atoms with van der Waals surface area (Å²) in [6.07, 6.45) is 4.94. The quantitative estimate of drug-likeness (QED) is 0.361. The van der Waals surface area contributed by atoms with Crippen molar-refractivity contribution < 1.29 is 20.1 Å². The summed E-state index contributed by atoms with van der Waals surface area (Å²) in [5.41, 5.74) is 1.91. The number of aromatic nitrogens is 2. The Bertz CT molecular complexity index is 1250. The van der Waals surface area contributed by atoms with Gasteiger partial charge in [0, 0.05) is 11.6 Å². The molecular weight excluding hydrogens is 368 g/mol. The zero-order chi connectivity index (χ0) is 20.4. The van der Waals surface area contributed by atoms with Gasteiger partial charge in [-0.05, 0) is 48.0 Å². The van der Waals surface area contributed by atoms with Crippen LogP contribution in [0.2, 0.25) is 0 Å². The SMILES string of the molecule is O=C(c1ccccn1)c1ccc2ccc(/C=C/c3ccc(O)c(O)c3)nc2c1O. The smallest absolute Gasteiger partial charge is 0.215 e. The minimum absolute atomic E-state index is 0.133. The molecular formula is C23H16N2O4. The van der Waals surface area contributed by atoms with E-state index in [1.807, 2.05) is 0 Å². The molecule has 2 heterocycles. The van der Waals surface area contributed by atoms with Crippen molar-refractivity contribution >= 4 is 28.8 Å². The summed E-state index contributed by atoms with van der Waals surface area (Å²) in [5, 5.41) is 30.3. The third-order valence-corrected chi connectivity index (χ3v) is 4.45. The molecule has 0 aliphatic carbocycles. The summed E-state index contributed by atoms with van der Waals surface area (Å²) in [6.45, 7) is 0. The molecule has 6 nitrogen and oxygen atoms in total. The lowest BCUT2D eigenvalue weighted by molar-refractivity contribution is 0.103. The molecule has 0 atom stereocenters. The summed E-state index contributed by atoms with van der Waals surface area (Å²) < 4.78 is 0. The van der Waals surface area contributed by atoms with Gasteiger partial charge in [0.25, 0.3) is 0 Å². The van der Waals surface area contributed by atoms with E-state index in [4.69, 9.17) is 0 Å². The van der Waals surface area contributed by atoms with Crippen LogP contribution < -0.4 is 0 Å². The van der Waals surface area contributed by atoms with Crippen LogP contribution in [0.5, 0.6) is 17.2 Å². The molecule has 3 N–H and O–H groups in total. The molecule has 0 bridgehead atoms. The van der Waals surface area contributed by atoms with Gasteiger partial charge < -0.3 is 15.3 Å². The Kier molecular flexibility index (Phi) is 4.66. The number of ketones is 1. The van der Waals surface area contributed by atoms with Crippen molar-refractivity contribution in [1.82, 2.24) is 9.97 Å². The minimum Gasteiger partial charge on any atom is -0.505 e. The van der Waals surface area contributed by atoms with E-state index < -0.39 is 0 Å². The number of fused-ring (bicyclic) bond motifs is 1. The van der Waals surface area contributed by atoms with E-state index in [2.05, 4.69) is 9.97 Å². The fraction of sp³-hybridized carbons (Fsp3) is 0. The molecule has 6 heteroatoms. The molecule has 0 aliphatic rings. The van der Waals surface area contributed by atoms with Gasteiger partial charge in [0.2, 0.25) is 5.78 Å². The van der Waals surface area contributed by atoms with Crippen LogP contribution in [0.25, 0.3) is 23.1 Å². The fourth-order valence-electron chi connectivity index (χ4n) is 2.93. The van der Waals surface area contributed by atoms with Crippen LogP contribution in [0.15, 0.2) is 66.9 Å². The third kappa shape index (κ3) is 3.64. The van der Waals surface area contributed by atoms with Crippen LogP contribution in [-0.2, 0) is 0 Å². The van der Waals surface area contributed by atoms with Gasteiger partial charge in [0.05, 0.1) is 11.3 Å². The van der Waals surface area contributed by atoms with Crippen molar-refractivity contribution in [2.45, 2.75) is 0 Å². The number of phenolic OH excluding ortho intramolecular Hbond substituents is 3. The van der Waals surface area contributed by atoms with Crippen molar-refractivity contribution in [3.8, 4) is 17.2 Å². The number of phenols is 3. The van der Waals surface area contributed by atoms with Gasteiger partial charge in [-0.25, -0.2) is 4.98 Å². The molecule has 0 saturated heterocycles. The van der Waals surface area contributed by atoms with Gasteiger partial charge in [-0.2, -0.15) is 0 Å². The number of benzene rings is 2. The van der Waals surface area contributed by atoms with Crippen LogP contribution in [0, 0.1) is 0 Å². The number of nitrogens with zero attached hydrogens (tertiary/aromatic N) is 2. The number of hydrogen-bond acceptors (Lipinski definition) is 6. The van der Waals surface area contributed by atoms with Crippen molar-refractivity contribution in [3.63, 3.8) is 0 Å². The summed E-state index contributed by atoms with van der Waals surface area (Å²) in [5.74, 6) is -0.988. The Morgan fingerprint density at radius 1 is 0.862 bits per heavy atom. The first-order valence-electron chi connectivity index (χ1n) is 8.81. The van der Waals surface area contributed by atoms with Crippen LogP contribution in [0.1, 0.15) is 27.3 Å². The lowest BCUT2D eigenvalue weighted by atomic mass is 10.0. The number of pyridine rings is 2. The summed E-state index contributed by atoms with van der Waals surface area (Å²) in [6, 6.07) is 16.3. The number of carbonyl (C=O) groups excluding carboxylic acids is 1. The van der Waals surface area contributed by atoms with Gasteiger partial charge in [-0.15, -0.1) is 0 Å². The first-order valence-corrected chi connectivity index (χ1v) is 8.81. The molecule has 0 saturated carbocycles. The van der Waals surface area contributed by atoms with Crippen LogP contribution >= 0.6 is 0 Å². The molecule has 0 aliphatic heterocycles. The molecule has 0 unspecified atom stereocenters. The van der Waals surface area contributed by atoms with Gasteiger partial charge in [0.15, 0.2) is 17.2 Å². The van der Waals surface area contributed by atoms with E-state index in [0.717, 1.165) is 0 Å². The molecule has 4 rings (SSSR count). The van der Waals surface area contributed by atoms with Gasteiger partial charge in [0.1, 0.15) is 11.2 Å². The first-order chi connectivity index (χ1) is 14.0. The molecule has 29 heavy (non-hydrogen) atoms. The Hall–Kier alpha value is -4.19. The second kappa shape index (κ2) is 7.44. The average Bonchev–Trinajstić information content (AvgIpc) is 2.75. The monoisotopic (exact) mass is 384 g/mol.